The lowest BCUT2D eigenvalue weighted by Crippen LogP contribution is -2.24. The Bertz CT molecular complexity index is 1370. The summed E-state index contributed by atoms with van der Waals surface area (Å²) in [6.07, 6.45) is 5.21. The summed E-state index contributed by atoms with van der Waals surface area (Å²) in [5, 5.41) is 9.04. The molecule has 0 aliphatic carbocycles. The number of carbonyl (C=O) groups is 1. The van der Waals surface area contributed by atoms with Gasteiger partial charge in [0.15, 0.2) is 0 Å². The third-order valence-corrected chi connectivity index (χ3v) is 6.84. The molecule has 0 aromatic carbocycles. The minimum absolute atomic E-state index is 0.0715. The van der Waals surface area contributed by atoms with E-state index in [1.165, 1.54) is 13.3 Å². The SMILES string of the molecule is COC(=O)c1cnc(OC)c2c3ncc(-c4c(C)nnn4C)cc3n([C@H](C)C3CCOCC3)c12. The van der Waals surface area contributed by atoms with Gasteiger partial charge < -0.3 is 18.8 Å². The molecule has 0 unspecified atom stereocenters. The summed E-state index contributed by atoms with van der Waals surface area (Å²) in [6.45, 7) is 5.57. The van der Waals surface area contributed by atoms with E-state index in [0.29, 0.717) is 22.7 Å². The second kappa shape index (κ2) is 8.68. The lowest BCUT2D eigenvalue weighted by molar-refractivity contribution is 0.0522. The average Bonchev–Trinajstić information content (AvgIpc) is 3.39. The number of rotatable bonds is 5. The first kappa shape index (κ1) is 22.3. The lowest BCUT2D eigenvalue weighted by atomic mass is 9.92. The number of aromatic nitrogens is 6. The summed E-state index contributed by atoms with van der Waals surface area (Å²) in [4.78, 5) is 22.1. The average molecular weight is 465 g/mol. The maximum Gasteiger partial charge on any atom is 0.341 e. The summed E-state index contributed by atoms with van der Waals surface area (Å²) in [7, 11) is 4.81. The molecule has 1 aliphatic heterocycles. The van der Waals surface area contributed by atoms with E-state index >= 15 is 0 Å². The van der Waals surface area contributed by atoms with Gasteiger partial charge in [-0.15, -0.1) is 5.10 Å². The molecular weight excluding hydrogens is 436 g/mol. The molecule has 34 heavy (non-hydrogen) atoms. The lowest BCUT2D eigenvalue weighted by Gasteiger charge is -2.30. The van der Waals surface area contributed by atoms with Crippen LogP contribution in [0, 0.1) is 12.8 Å². The molecule has 4 aromatic rings. The van der Waals surface area contributed by atoms with Crippen molar-refractivity contribution in [2.45, 2.75) is 32.7 Å². The van der Waals surface area contributed by atoms with Crippen molar-refractivity contribution >= 4 is 27.9 Å². The summed E-state index contributed by atoms with van der Waals surface area (Å²) in [5.74, 6) is 0.348. The molecule has 178 valence electrons. The Hall–Kier alpha value is -3.53. The second-order valence-electron chi connectivity index (χ2n) is 8.70. The van der Waals surface area contributed by atoms with Crippen LogP contribution in [0.25, 0.3) is 33.2 Å². The van der Waals surface area contributed by atoms with Crippen molar-refractivity contribution < 1.29 is 19.0 Å². The van der Waals surface area contributed by atoms with Crippen LogP contribution < -0.4 is 4.74 Å². The molecule has 0 N–H and O–H groups in total. The molecule has 10 nitrogen and oxygen atoms in total. The molecule has 0 spiro atoms. The van der Waals surface area contributed by atoms with Gasteiger partial charge in [0, 0.05) is 44.3 Å². The van der Waals surface area contributed by atoms with Crippen molar-refractivity contribution in [2.75, 3.05) is 27.4 Å². The number of carbonyl (C=O) groups excluding carboxylic acids is 1. The Balaban J connectivity index is 1.87. The van der Waals surface area contributed by atoms with Crippen LogP contribution in [0.5, 0.6) is 5.88 Å². The molecular formula is C24H28N6O4. The Kier molecular flexibility index (Phi) is 5.68. The van der Waals surface area contributed by atoms with Crippen LogP contribution in [0.4, 0.5) is 0 Å². The smallest absolute Gasteiger partial charge is 0.341 e. The molecule has 0 saturated carbocycles. The third-order valence-electron chi connectivity index (χ3n) is 6.84. The zero-order chi connectivity index (χ0) is 24.0. The van der Waals surface area contributed by atoms with Gasteiger partial charge in [0.25, 0.3) is 0 Å². The number of pyridine rings is 2. The van der Waals surface area contributed by atoms with Gasteiger partial charge >= 0.3 is 5.97 Å². The minimum Gasteiger partial charge on any atom is -0.480 e. The van der Waals surface area contributed by atoms with Gasteiger partial charge in [-0.25, -0.2) is 14.5 Å². The molecule has 0 radical (unpaired) electrons. The summed E-state index contributed by atoms with van der Waals surface area (Å²) in [5.41, 5.74) is 5.32. The zero-order valence-corrected chi connectivity index (χ0v) is 20.0. The van der Waals surface area contributed by atoms with Gasteiger partial charge in [0.2, 0.25) is 5.88 Å². The molecule has 4 aromatic heterocycles. The highest BCUT2D eigenvalue weighted by Gasteiger charge is 2.30. The van der Waals surface area contributed by atoms with Crippen LogP contribution in [-0.4, -0.2) is 62.9 Å². The molecule has 1 aliphatic rings. The Morgan fingerprint density at radius 3 is 2.62 bits per heavy atom. The van der Waals surface area contributed by atoms with E-state index in [0.717, 1.165) is 59.6 Å². The maximum atomic E-state index is 12.8. The molecule has 1 saturated heterocycles. The molecule has 0 amide bonds. The Morgan fingerprint density at radius 1 is 1.21 bits per heavy atom. The molecule has 1 atom stereocenters. The fraction of sp³-hybridized carbons (Fsp3) is 0.458. The molecule has 5 rings (SSSR count). The van der Waals surface area contributed by atoms with Gasteiger partial charge in [-0.05, 0) is 38.7 Å². The number of aryl methyl sites for hydroxylation is 2. The zero-order valence-electron chi connectivity index (χ0n) is 20.0. The number of fused-ring (bicyclic) bond motifs is 3. The van der Waals surface area contributed by atoms with Gasteiger partial charge in [-0.2, -0.15) is 0 Å². The van der Waals surface area contributed by atoms with Gasteiger partial charge in [-0.3, -0.25) is 4.98 Å². The first-order valence-electron chi connectivity index (χ1n) is 11.4. The van der Waals surface area contributed by atoms with Crippen LogP contribution in [0.3, 0.4) is 0 Å². The maximum absolute atomic E-state index is 12.8. The molecule has 1 fully saturated rings. The van der Waals surface area contributed by atoms with Crippen LogP contribution >= 0.6 is 0 Å². The first-order valence-corrected chi connectivity index (χ1v) is 11.4. The van der Waals surface area contributed by atoms with E-state index in [1.54, 1.807) is 18.0 Å². The molecule has 0 bridgehead atoms. The summed E-state index contributed by atoms with van der Waals surface area (Å²) >= 11 is 0. The number of nitrogens with zero attached hydrogens (tertiary/aromatic N) is 6. The van der Waals surface area contributed by atoms with Crippen LogP contribution in [0.15, 0.2) is 18.5 Å². The monoisotopic (exact) mass is 464 g/mol. The summed E-state index contributed by atoms with van der Waals surface area (Å²) in [6, 6.07) is 2.16. The number of hydrogen-bond donors (Lipinski definition) is 0. The standard InChI is InChI=1S/C24H28N6O4/c1-13-21(29(3)28-27-13)16-10-18-20(25-11-16)19-22(17(24(31)33-5)12-26-23(19)32-4)30(18)14(2)15-6-8-34-9-7-15/h10-12,14-15H,6-9H2,1-5H3/t14-/m1/s1. The predicted molar refractivity (Wildman–Crippen MR) is 126 cm³/mol. The van der Waals surface area contributed by atoms with E-state index in [4.69, 9.17) is 19.2 Å². The molecule has 10 heteroatoms. The highest BCUT2D eigenvalue weighted by atomic mass is 16.5. The van der Waals surface area contributed by atoms with Crippen LogP contribution in [-0.2, 0) is 16.5 Å². The highest BCUT2D eigenvalue weighted by Crippen LogP contribution is 2.41. The van der Waals surface area contributed by atoms with Crippen LogP contribution in [0.2, 0.25) is 0 Å². The van der Waals surface area contributed by atoms with E-state index in [9.17, 15) is 4.79 Å². The largest absolute Gasteiger partial charge is 0.480 e. The van der Waals surface area contributed by atoms with Gasteiger partial charge in [-0.1, -0.05) is 5.21 Å². The second-order valence-corrected chi connectivity index (χ2v) is 8.70. The summed E-state index contributed by atoms with van der Waals surface area (Å²) < 4.78 is 20.3. The van der Waals surface area contributed by atoms with Crippen molar-refractivity contribution in [1.82, 2.24) is 29.5 Å². The van der Waals surface area contributed by atoms with Crippen molar-refractivity contribution in [3.63, 3.8) is 0 Å². The van der Waals surface area contributed by atoms with Crippen molar-refractivity contribution in [3.8, 4) is 17.1 Å². The minimum atomic E-state index is -0.449. The van der Waals surface area contributed by atoms with Crippen molar-refractivity contribution in [2.24, 2.45) is 13.0 Å². The van der Waals surface area contributed by atoms with E-state index in [-0.39, 0.29) is 6.04 Å². The number of ether oxygens (including phenoxy) is 3. The molecule has 5 heterocycles. The fourth-order valence-corrected chi connectivity index (χ4v) is 5.13. The number of methoxy groups -OCH3 is 2. The third kappa shape index (κ3) is 3.40. The van der Waals surface area contributed by atoms with E-state index in [1.807, 2.05) is 14.0 Å². The quantitative estimate of drug-likeness (QED) is 0.413. The highest BCUT2D eigenvalue weighted by molar-refractivity contribution is 6.15. The van der Waals surface area contributed by atoms with Crippen molar-refractivity contribution in [1.29, 1.82) is 0 Å². The normalized spacial score (nSPS) is 15.7. The Labute approximate surface area is 196 Å². The topological polar surface area (TPSA) is 106 Å². The fourth-order valence-electron chi connectivity index (χ4n) is 5.13. The Morgan fingerprint density at radius 2 is 1.97 bits per heavy atom. The van der Waals surface area contributed by atoms with Gasteiger partial charge in [0.05, 0.1) is 42.0 Å². The first-order chi connectivity index (χ1) is 16.5. The van der Waals surface area contributed by atoms with Gasteiger partial charge in [0.1, 0.15) is 11.1 Å². The predicted octanol–water partition coefficient (Wildman–Crippen LogP) is 3.47. The van der Waals surface area contributed by atoms with Crippen molar-refractivity contribution in [3.05, 3.63) is 29.7 Å². The van der Waals surface area contributed by atoms with Crippen LogP contribution in [0.1, 0.15) is 41.9 Å². The van der Waals surface area contributed by atoms with E-state index < -0.39 is 5.97 Å². The number of esters is 1. The van der Waals surface area contributed by atoms with E-state index in [2.05, 4.69) is 32.9 Å². The number of hydrogen-bond acceptors (Lipinski definition) is 8.